The maximum atomic E-state index is 12.6. The lowest BCUT2D eigenvalue weighted by Crippen LogP contribution is -2.46. The summed E-state index contributed by atoms with van der Waals surface area (Å²) in [5, 5.41) is 5.68. The third-order valence-corrected chi connectivity index (χ3v) is 4.68. The van der Waals surface area contributed by atoms with Crippen LogP contribution in [0.25, 0.3) is 10.8 Å². The summed E-state index contributed by atoms with van der Waals surface area (Å²) in [7, 11) is 0. The van der Waals surface area contributed by atoms with Crippen LogP contribution in [0, 0.1) is 0 Å². The zero-order valence-electron chi connectivity index (χ0n) is 14.7. The Morgan fingerprint density at radius 2 is 1.88 bits per heavy atom. The van der Waals surface area contributed by atoms with E-state index in [0.29, 0.717) is 12.6 Å². The molecule has 1 aliphatic rings. The Morgan fingerprint density at radius 3 is 2.64 bits per heavy atom. The lowest BCUT2D eigenvalue weighted by Gasteiger charge is -2.33. The van der Waals surface area contributed by atoms with Gasteiger partial charge in [-0.3, -0.25) is 0 Å². The predicted molar refractivity (Wildman–Crippen MR) is 104 cm³/mol. The van der Waals surface area contributed by atoms with Gasteiger partial charge in [-0.15, -0.1) is 12.4 Å². The minimum Gasteiger partial charge on any atom is -0.445 e. The first-order valence-electron chi connectivity index (χ1n) is 8.90. The smallest absolute Gasteiger partial charge is 0.410 e. The van der Waals surface area contributed by atoms with Gasteiger partial charge in [-0.05, 0) is 48.7 Å². The molecule has 0 atom stereocenters. The van der Waals surface area contributed by atoms with E-state index in [0.717, 1.165) is 49.8 Å². The number of carbonyl (C=O) groups is 1. The van der Waals surface area contributed by atoms with Crippen LogP contribution in [0.3, 0.4) is 0 Å². The first kappa shape index (κ1) is 19.5. The summed E-state index contributed by atoms with van der Waals surface area (Å²) in [6.07, 6.45) is 2.77. The van der Waals surface area contributed by atoms with Gasteiger partial charge in [0.25, 0.3) is 0 Å². The molecule has 25 heavy (non-hydrogen) atoms. The molecule has 0 radical (unpaired) electrons. The number of hydrogen-bond acceptors (Lipinski definition) is 3. The third-order valence-electron chi connectivity index (χ3n) is 4.68. The summed E-state index contributed by atoms with van der Waals surface area (Å²) >= 11 is 0. The lowest BCUT2D eigenvalue weighted by molar-refractivity contribution is 0.0737. The van der Waals surface area contributed by atoms with Gasteiger partial charge in [-0.25, -0.2) is 4.79 Å². The Balaban J connectivity index is 0.00000225. The fourth-order valence-corrected chi connectivity index (χ4v) is 3.42. The number of rotatable bonds is 5. The van der Waals surface area contributed by atoms with Crippen LogP contribution in [0.4, 0.5) is 4.79 Å². The first-order valence-corrected chi connectivity index (χ1v) is 8.90. The molecule has 1 fully saturated rings. The van der Waals surface area contributed by atoms with Crippen molar-refractivity contribution in [3.05, 3.63) is 48.0 Å². The van der Waals surface area contributed by atoms with Crippen LogP contribution in [0.1, 0.15) is 31.7 Å². The van der Waals surface area contributed by atoms with E-state index in [2.05, 4.69) is 30.4 Å². The Hall–Kier alpha value is -1.78. The number of fused-ring (bicyclic) bond motifs is 1. The van der Waals surface area contributed by atoms with Gasteiger partial charge in [-0.2, -0.15) is 0 Å². The second kappa shape index (κ2) is 9.64. The second-order valence-electron chi connectivity index (χ2n) is 6.37. The molecule has 0 spiro atoms. The molecular formula is C20H27ClN2O2. The van der Waals surface area contributed by atoms with Crippen LogP contribution in [0.2, 0.25) is 0 Å². The molecule has 5 heteroatoms. The fourth-order valence-electron chi connectivity index (χ4n) is 3.42. The molecule has 3 rings (SSSR count). The topological polar surface area (TPSA) is 41.6 Å². The van der Waals surface area contributed by atoms with Crippen LogP contribution in [0.5, 0.6) is 0 Å². The van der Waals surface area contributed by atoms with Crippen molar-refractivity contribution in [2.45, 2.75) is 38.8 Å². The van der Waals surface area contributed by atoms with Gasteiger partial charge in [0.1, 0.15) is 6.61 Å². The third kappa shape index (κ3) is 4.86. The van der Waals surface area contributed by atoms with Crippen molar-refractivity contribution in [2.24, 2.45) is 0 Å². The van der Waals surface area contributed by atoms with Gasteiger partial charge in [0.05, 0.1) is 0 Å². The molecular weight excluding hydrogens is 336 g/mol. The Bertz CT molecular complexity index is 681. The van der Waals surface area contributed by atoms with Gasteiger partial charge in [0.15, 0.2) is 0 Å². The van der Waals surface area contributed by atoms with E-state index in [9.17, 15) is 4.79 Å². The zero-order valence-corrected chi connectivity index (χ0v) is 15.6. The van der Waals surface area contributed by atoms with E-state index >= 15 is 0 Å². The molecule has 0 bridgehead atoms. The molecule has 1 amide bonds. The number of nitrogens with zero attached hydrogens (tertiary/aromatic N) is 1. The van der Waals surface area contributed by atoms with E-state index in [-0.39, 0.29) is 18.5 Å². The molecule has 1 saturated heterocycles. The summed E-state index contributed by atoms with van der Waals surface area (Å²) in [5.41, 5.74) is 1.06. The van der Waals surface area contributed by atoms with E-state index < -0.39 is 0 Å². The minimum absolute atomic E-state index is 0. The molecule has 2 aromatic carbocycles. The number of amides is 1. The number of hydrogen-bond donors (Lipinski definition) is 1. The van der Waals surface area contributed by atoms with Crippen LogP contribution in [-0.2, 0) is 11.3 Å². The normalized spacial score (nSPS) is 14.8. The summed E-state index contributed by atoms with van der Waals surface area (Å²) < 4.78 is 5.67. The van der Waals surface area contributed by atoms with E-state index in [4.69, 9.17) is 4.74 Å². The van der Waals surface area contributed by atoms with Gasteiger partial charge >= 0.3 is 6.09 Å². The molecule has 0 aliphatic carbocycles. The predicted octanol–water partition coefficient (Wildman–Crippen LogP) is 4.36. The number of halogens is 1. The van der Waals surface area contributed by atoms with Crippen molar-refractivity contribution in [3.8, 4) is 0 Å². The maximum absolute atomic E-state index is 12.6. The molecule has 1 aliphatic heterocycles. The SMILES string of the molecule is CCCN(C(=O)OCc1cccc2ccccc12)C1CCNCC1.Cl. The Morgan fingerprint density at radius 1 is 1.16 bits per heavy atom. The van der Waals surface area contributed by atoms with Gasteiger partial charge < -0.3 is 15.0 Å². The number of carbonyl (C=O) groups excluding carboxylic acids is 1. The van der Waals surface area contributed by atoms with Gasteiger partial charge in [-0.1, -0.05) is 49.4 Å². The molecule has 1 N–H and O–H groups in total. The number of piperidine rings is 1. The maximum Gasteiger partial charge on any atom is 0.410 e. The zero-order chi connectivity index (χ0) is 16.8. The van der Waals surface area contributed by atoms with Crippen LogP contribution >= 0.6 is 12.4 Å². The van der Waals surface area contributed by atoms with E-state index in [1.807, 2.05) is 29.2 Å². The standard InChI is InChI=1S/C20H26N2O2.ClH/c1-2-14-22(18-10-12-21-13-11-18)20(23)24-15-17-8-5-7-16-6-3-4-9-19(16)17;/h3-9,18,21H,2,10-15H2,1H3;1H. The summed E-state index contributed by atoms with van der Waals surface area (Å²) in [6.45, 7) is 5.14. The summed E-state index contributed by atoms with van der Waals surface area (Å²) in [5.74, 6) is 0. The number of benzene rings is 2. The number of ether oxygens (including phenoxy) is 1. The molecule has 0 saturated carbocycles. The molecule has 4 nitrogen and oxygen atoms in total. The first-order chi connectivity index (χ1) is 11.8. The van der Waals surface area contributed by atoms with Crippen molar-refractivity contribution in [1.29, 1.82) is 0 Å². The average molecular weight is 363 g/mol. The van der Waals surface area contributed by atoms with Crippen molar-refractivity contribution in [3.63, 3.8) is 0 Å². The second-order valence-corrected chi connectivity index (χ2v) is 6.37. The van der Waals surface area contributed by atoms with E-state index in [1.165, 1.54) is 5.39 Å². The highest BCUT2D eigenvalue weighted by Gasteiger charge is 2.25. The lowest BCUT2D eigenvalue weighted by atomic mass is 10.0. The van der Waals surface area contributed by atoms with E-state index in [1.54, 1.807) is 0 Å². The van der Waals surface area contributed by atoms with Gasteiger partial charge in [0, 0.05) is 12.6 Å². The minimum atomic E-state index is -0.184. The highest BCUT2D eigenvalue weighted by atomic mass is 35.5. The molecule has 136 valence electrons. The van der Waals surface area contributed by atoms with Crippen LogP contribution in [0.15, 0.2) is 42.5 Å². The molecule has 0 unspecified atom stereocenters. The van der Waals surface area contributed by atoms with Crippen molar-refractivity contribution in [2.75, 3.05) is 19.6 Å². The molecule has 0 aromatic heterocycles. The van der Waals surface area contributed by atoms with Crippen molar-refractivity contribution >= 4 is 29.3 Å². The highest BCUT2D eigenvalue weighted by molar-refractivity contribution is 5.86. The number of nitrogens with one attached hydrogen (secondary N) is 1. The largest absolute Gasteiger partial charge is 0.445 e. The summed E-state index contributed by atoms with van der Waals surface area (Å²) in [4.78, 5) is 14.5. The fraction of sp³-hybridized carbons (Fsp3) is 0.450. The highest BCUT2D eigenvalue weighted by Crippen LogP contribution is 2.20. The van der Waals surface area contributed by atoms with Crippen molar-refractivity contribution < 1.29 is 9.53 Å². The Labute approximate surface area is 155 Å². The molecule has 2 aromatic rings. The quantitative estimate of drug-likeness (QED) is 0.859. The Kier molecular flexibility index (Phi) is 7.53. The monoisotopic (exact) mass is 362 g/mol. The van der Waals surface area contributed by atoms with Crippen LogP contribution < -0.4 is 5.32 Å². The average Bonchev–Trinajstić information content (AvgIpc) is 2.65. The van der Waals surface area contributed by atoms with Gasteiger partial charge in [0.2, 0.25) is 0 Å². The van der Waals surface area contributed by atoms with Crippen LogP contribution in [-0.4, -0.2) is 36.7 Å². The summed E-state index contributed by atoms with van der Waals surface area (Å²) in [6, 6.07) is 14.6. The van der Waals surface area contributed by atoms with Crippen molar-refractivity contribution in [1.82, 2.24) is 10.2 Å². The molecule has 1 heterocycles.